The van der Waals surface area contributed by atoms with Crippen molar-refractivity contribution in [3.05, 3.63) is 28.4 Å². The van der Waals surface area contributed by atoms with Gasteiger partial charge >= 0.3 is 5.82 Å². The van der Waals surface area contributed by atoms with Crippen molar-refractivity contribution in [1.29, 1.82) is 0 Å². The molecule has 0 saturated carbocycles. The maximum absolute atomic E-state index is 10.4. The molecule has 0 amide bonds. The molecule has 1 aromatic heterocycles. The molecule has 0 bridgehead atoms. The van der Waals surface area contributed by atoms with Gasteiger partial charge in [-0.2, -0.15) is 0 Å². The molecule has 82 valence electrons. The summed E-state index contributed by atoms with van der Waals surface area (Å²) in [6.07, 6.45) is 3.54. The molecule has 1 rings (SSSR count). The van der Waals surface area contributed by atoms with Crippen molar-refractivity contribution in [1.82, 2.24) is 4.98 Å². The van der Waals surface area contributed by atoms with Crippen LogP contribution in [0.25, 0.3) is 0 Å². The van der Waals surface area contributed by atoms with E-state index in [1.165, 1.54) is 12.3 Å². The van der Waals surface area contributed by atoms with E-state index in [0.717, 1.165) is 18.5 Å². The van der Waals surface area contributed by atoms with Crippen LogP contribution in [-0.4, -0.2) is 15.9 Å². The van der Waals surface area contributed by atoms with Gasteiger partial charge in [-0.1, -0.05) is 13.8 Å². The molecule has 0 aliphatic heterocycles. The number of hydrogen-bond donors (Lipinski definition) is 1. The van der Waals surface area contributed by atoms with Gasteiger partial charge < -0.3 is 15.4 Å². The van der Waals surface area contributed by atoms with E-state index in [-0.39, 0.29) is 5.82 Å². The highest BCUT2D eigenvalue weighted by molar-refractivity contribution is 5.44. The third-order valence-corrected chi connectivity index (χ3v) is 2.29. The number of aromatic nitrogens is 1. The molecule has 0 aromatic carbocycles. The molecule has 5 heteroatoms. The molecule has 1 aromatic rings. The second kappa shape index (κ2) is 5.29. The second-order valence-corrected chi connectivity index (χ2v) is 3.32. The summed E-state index contributed by atoms with van der Waals surface area (Å²) in [5.74, 6) is -0.120. The summed E-state index contributed by atoms with van der Waals surface area (Å²) in [6, 6.07) is 3.49. The molecule has 1 N–H and O–H groups in total. The lowest BCUT2D eigenvalue weighted by Gasteiger charge is -2.14. The van der Waals surface area contributed by atoms with E-state index in [1.807, 2.05) is 0 Å². The summed E-state index contributed by atoms with van der Waals surface area (Å²) in [4.78, 5) is 13.6. The first-order chi connectivity index (χ1) is 7.17. The first-order valence-electron chi connectivity index (χ1n) is 5.04. The Bertz CT molecular complexity index is 320. The number of nitrogens with one attached hydrogen (secondary N) is 1. The maximum atomic E-state index is 10.4. The lowest BCUT2D eigenvalue weighted by atomic mass is 10.1. The lowest BCUT2D eigenvalue weighted by molar-refractivity contribution is -0.389. The lowest BCUT2D eigenvalue weighted by Crippen LogP contribution is -2.16. The average molecular weight is 209 g/mol. The second-order valence-electron chi connectivity index (χ2n) is 3.32. The fraction of sp³-hybridized carbons (Fsp3) is 0.500. The third kappa shape index (κ3) is 3.19. The number of rotatable bonds is 5. The van der Waals surface area contributed by atoms with Gasteiger partial charge in [-0.25, -0.2) is 0 Å². The van der Waals surface area contributed by atoms with Crippen molar-refractivity contribution in [3.8, 4) is 0 Å². The average Bonchev–Trinajstić information content (AvgIpc) is 2.26. The summed E-state index contributed by atoms with van der Waals surface area (Å²) in [5, 5.41) is 13.6. The van der Waals surface area contributed by atoms with Gasteiger partial charge in [0.15, 0.2) is 6.20 Å². The van der Waals surface area contributed by atoms with Crippen LogP contribution in [0.1, 0.15) is 26.7 Å². The van der Waals surface area contributed by atoms with Gasteiger partial charge in [-0.3, -0.25) is 0 Å². The van der Waals surface area contributed by atoms with Crippen molar-refractivity contribution in [3.63, 3.8) is 0 Å². The summed E-state index contributed by atoms with van der Waals surface area (Å²) in [5.41, 5.74) is 0.828. The van der Waals surface area contributed by atoms with Crippen molar-refractivity contribution < 1.29 is 4.92 Å². The van der Waals surface area contributed by atoms with Gasteiger partial charge in [0.25, 0.3) is 0 Å². The fourth-order valence-corrected chi connectivity index (χ4v) is 1.31. The highest BCUT2D eigenvalue weighted by Gasteiger charge is 2.08. The predicted octanol–water partition coefficient (Wildman–Crippen LogP) is 2.59. The Morgan fingerprint density at radius 2 is 2.13 bits per heavy atom. The third-order valence-electron chi connectivity index (χ3n) is 2.29. The van der Waals surface area contributed by atoms with Crippen molar-refractivity contribution in [2.45, 2.75) is 32.7 Å². The Morgan fingerprint density at radius 3 is 2.53 bits per heavy atom. The zero-order chi connectivity index (χ0) is 11.3. The van der Waals surface area contributed by atoms with Crippen LogP contribution in [0.2, 0.25) is 0 Å². The molecule has 15 heavy (non-hydrogen) atoms. The largest absolute Gasteiger partial charge is 0.379 e. The summed E-state index contributed by atoms with van der Waals surface area (Å²) in [7, 11) is 0. The van der Waals surface area contributed by atoms with Crippen LogP contribution in [0, 0.1) is 10.1 Å². The van der Waals surface area contributed by atoms with E-state index in [0.29, 0.717) is 6.04 Å². The van der Waals surface area contributed by atoms with Crippen molar-refractivity contribution in [2.24, 2.45) is 0 Å². The molecule has 0 unspecified atom stereocenters. The predicted molar refractivity (Wildman–Crippen MR) is 58.9 cm³/mol. The minimum atomic E-state index is -0.499. The van der Waals surface area contributed by atoms with Crippen LogP contribution < -0.4 is 5.32 Å². The number of hydrogen-bond acceptors (Lipinski definition) is 4. The topological polar surface area (TPSA) is 68.1 Å². The first-order valence-corrected chi connectivity index (χ1v) is 5.04. The molecule has 0 spiro atoms. The fourth-order valence-electron chi connectivity index (χ4n) is 1.31. The van der Waals surface area contributed by atoms with Crippen molar-refractivity contribution in [2.75, 3.05) is 5.32 Å². The highest BCUT2D eigenvalue weighted by atomic mass is 16.6. The van der Waals surface area contributed by atoms with Crippen LogP contribution in [0.5, 0.6) is 0 Å². The Balaban J connectivity index is 2.67. The van der Waals surface area contributed by atoms with E-state index in [2.05, 4.69) is 24.1 Å². The molecule has 0 aliphatic rings. The smallest absolute Gasteiger partial charge is 0.363 e. The van der Waals surface area contributed by atoms with E-state index >= 15 is 0 Å². The zero-order valence-corrected chi connectivity index (χ0v) is 8.93. The zero-order valence-electron chi connectivity index (χ0n) is 8.93. The normalized spacial score (nSPS) is 10.3. The molecule has 0 atom stereocenters. The van der Waals surface area contributed by atoms with Crippen LogP contribution >= 0.6 is 0 Å². The van der Waals surface area contributed by atoms with Gasteiger partial charge in [0.2, 0.25) is 0 Å². The van der Waals surface area contributed by atoms with E-state index in [4.69, 9.17) is 0 Å². The van der Waals surface area contributed by atoms with Crippen LogP contribution in [0.15, 0.2) is 18.3 Å². The monoisotopic (exact) mass is 209 g/mol. The summed E-state index contributed by atoms with van der Waals surface area (Å²) >= 11 is 0. The summed E-state index contributed by atoms with van der Waals surface area (Å²) in [6.45, 7) is 4.19. The minimum absolute atomic E-state index is 0.120. The van der Waals surface area contributed by atoms with E-state index in [1.54, 1.807) is 6.07 Å². The Hall–Kier alpha value is -1.65. The Kier molecular flexibility index (Phi) is 4.03. The number of pyridine rings is 1. The van der Waals surface area contributed by atoms with E-state index < -0.39 is 4.92 Å². The van der Waals surface area contributed by atoms with Crippen LogP contribution in [0.3, 0.4) is 0 Å². The molecular formula is C10H15N3O2. The number of anilines is 1. The van der Waals surface area contributed by atoms with Crippen LogP contribution in [0.4, 0.5) is 11.5 Å². The molecular weight excluding hydrogens is 194 g/mol. The quantitative estimate of drug-likeness (QED) is 0.597. The SMILES string of the molecule is CCC(CC)Nc1ccc([N+](=O)[O-])nc1. The molecule has 0 fully saturated rings. The van der Waals surface area contributed by atoms with Gasteiger partial charge in [-0.15, -0.1) is 0 Å². The standard InChI is InChI=1S/C10H15N3O2/c1-3-8(4-2)12-9-5-6-10(11-7-9)13(14)15/h5-8,12H,3-4H2,1-2H3. The van der Waals surface area contributed by atoms with Gasteiger partial charge in [0.05, 0.1) is 5.69 Å². The number of nitro groups is 1. The van der Waals surface area contributed by atoms with Gasteiger partial charge in [0.1, 0.15) is 0 Å². The molecule has 1 heterocycles. The molecule has 0 aliphatic carbocycles. The highest BCUT2D eigenvalue weighted by Crippen LogP contribution is 2.14. The van der Waals surface area contributed by atoms with Crippen LogP contribution in [-0.2, 0) is 0 Å². The molecule has 0 saturated heterocycles. The minimum Gasteiger partial charge on any atom is -0.379 e. The number of nitrogens with zero attached hydrogens (tertiary/aromatic N) is 2. The van der Waals surface area contributed by atoms with Crippen molar-refractivity contribution >= 4 is 11.5 Å². The Labute approximate surface area is 88.7 Å². The first kappa shape index (κ1) is 11.4. The molecule has 0 radical (unpaired) electrons. The van der Waals surface area contributed by atoms with Gasteiger partial charge in [0, 0.05) is 12.1 Å². The Morgan fingerprint density at radius 1 is 1.47 bits per heavy atom. The van der Waals surface area contributed by atoms with E-state index in [9.17, 15) is 10.1 Å². The van der Waals surface area contributed by atoms with Gasteiger partial charge in [-0.05, 0) is 28.8 Å². The summed E-state index contributed by atoms with van der Waals surface area (Å²) < 4.78 is 0. The maximum Gasteiger partial charge on any atom is 0.363 e. The molecule has 5 nitrogen and oxygen atoms in total.